The van der Waals surface area contributed by atoms with E-state index >= 15 is 0 Å². The summed E-state index contributed by atoms with van der Waals surface area (Å²) in [5.74, 6) is 0.988. The van der Waals surface area contributed by atoms with Crippen LogP contribution in [0.4, 0.5) is 0 Å². The molecule has 0 spiro atoms. The molecule has 0 radical (unpaired) electrons. The molecule has 0 aliphatic heterocycles. The largest absolute Gasteiger partial charge is 0.493 e. The molecule has 0 aliphatic rings. The molecule has 0 unspecified atom stereocenters. The highest BCUT2D eigenvalue weighted by atomic mass is 16.5. The fourth-order valence-electron chi connectivity index (χ4n) is 1.27. The first kappa shape index (κ1) is 12.1. The fraction of sp³-hybridized carbons (Fsp3) is 0.538. The van der Waals surface area contributed by atoms with Gasteiger partial charge in [-0.2, -0.15) is 0 Å². The first-order valence-corrected chi connectivity index (χ1v) is 5.50. The minimum absolute atomic E-state index is 0.0425. The Morgan fingerprint density at radius 1 is 1.27 bits per heavy atom. The number of hydrogen-bond acceptors (Lipinski definition) is 2. The minimum atomic E-state index is 0.0425. The Labute approximate surface area is 92.4 Å². The monoisotopic (exact) mass is 207 g/mol. The van der Waals surface area contributed by atoms with Crippen LogP contribution >= 0.6 is 0 Å². The maximum atomic E-state index is 5.80. The van der Waals surface area contributed by atoms with Crippen LogP contribution < -0.4 is 10.5 Å². The SMILES string of the molecule is CCc1ccccc1OCC(C)(C)CN. The summed E-state index contributed by atoms with van der Waals surface area (Å²) in [6.45, 7) is 7.67. The molecular weight excluding hydrogens is 186 g/mol. The molecule has 0 heterocycles. The lowest BCUT2D eigenvalue weighted by Crippen LogP contribution is -2.30. The van der Waals surface area contributed by atoms with Gasteiger partial charge in [0.25, 0.3) is 0 Å². The molecule has 0 aliphatic carbocycles. The van der Waals surface area contributed by atoms with Gasteiger partial charge in [-0.1, -0.05) is 39.0 Å². The number of aryl methyl sites for hydroxylation is 1. The second kappa shape index (κ2) is 5.17. The van der Waals surface area contributed by atoms with Crippen LogP contribution in [0.3, 0.4) is 0 Å². The molecular formula is C13H21NO. The fourth-order valence-corrected chi connectivity index (χ4v) is 1.27. The number of hydrogen-bond donors (Lipinski definition) is 1. The van der Waals surface area contributed by atoms with E-state index in [2.05, 4.69) is 26.8 Å². The van der Waals surface area contributed by atoms with Gasteiger partial charge in [-0.05, 0) is 18.1 Å². The van der Waals surface area contributed by atoms with Crippen molar-refractivity contribution in [1.29, 1.82) is 0 Å². The number of nitrogens with two attached hydrogens (primary N) is 1. The minimum Gasteiger partial charge on any atom is -0.493 e. The summed E-state index contributed by atoms with van der Waals surface area (Å²) < 4.78 is 5.80. The normalized spacial score (nSPS) is 11.5. The maximum Gasteiger partial charge on any atom is 0.122 e. The van der Waals surface area contributed by atoms with Crippen molar-refractivity contribution in [2.24, 2.45) is 11.1 Å². The molecule has 1 aromatic rings. The van der Waals surface area contributed by atoms with Crippen molar-refractivity contribution in [2.75, 3.05) is 13.2 Å². The van der Waals surface area contributed by atoms with Gasteiger partial charge in [0.15, 0.2) is 0 Å². The molecule has 0 aromatic heterocycles. The number of ether oxygens (including phenoxy) is 1. The lowest BCUT2D eigenvalue weighted by atomic mass is 9.95. The lowest BCUT2D eigenvalue weighted by molar-refractivity contribution is 0.186. The van der Waals surface area contributed by atoms with E-state index < -0.39 is 0 Å². The van der Waals surface area contributed by atoms with Crippen LogP contribution in [0.25, 0.3) is 0 Å². The van der Waals surface area contributed by atoms with Gasteiger partial charge in [-0.15, -0.1) is 0 Å². The number of para-hydroxylation sites is 1. The molecule has 0 atom stereocenters. The molecule has 1 aromatic carbocycles. The summed E-state index contributed by atoms with van der Waals surface area (Å²) in [6, 6.07) is 8.17. The second-order valence-corrected chi connectivity index (χ2v) is 4.62. The zero-order valence-corrected chi connectivity index (χ0v) is 9.92. The number of benzene rings is 1. The van der Waals surface area contributed by atoms with Gasteiger partial charge in [0, 0.05) is 12.0 Å². The van der Waals surface area contributed by atoms with Crippen LogP contribution in [-0.4, -0.2) is 13.2 Å². The van der Waals surface area contributed by atoms with E-state index in [1.165, 1.54) is 5.56 Å². The van der Waals surface area contributed by atoms with E-state index in [1.54, 1.807) is 0 Å². The van der Waals surface area contributed by atoms with Crippen LogP contribution in [0.1, 0.15) is 26.3 Å². The van der Waals surface area contributed by atoms with Gasteiger partial charge in [0.2, 0.25) is 0 Å². The van der Waals surface area contributed by atoms with Crippen molar-refractivity contribution in [3.05, 3.63) is 29.8 Å². The number of rotatable bonds is 5. The average molecular weight is 207 g/mol. The molecule has 0 saturated heterocycles. The van der Waals surface area contributed by atoms with Gasteiger partial charge in [0.05, 0.1) is 6.61 Å². The Balaban J connectivity index is 2.65. The van der Waals surface area contributed by atoms with Gasteiger partial charge in [-0.3, -0.25) is 0 Å². The quantitative estimate of drug-likeness (QED) is 0.805. The average Bonchev–Trinajstić information content (AvgIpc) is 2.27. The van der Waals surface area contributed by atoms with Gasteiger partial charge < -0.3 is 10.5 Å². The second-order valence-electron chi connectivity index (χ2n) is 4.62. The van der Waals surface area contributed by atoms with Crippen LogP contribution in [0.2, 0.25) is 0 Å². The van der Waals surface area contributed by atoms with Crippen LogP contribution in [0.15, 0.2) is 24.3 Å². The van der Waals surface area contributed by atoms with Crippen molar-refractivity contribution >= 4 is 0 Å². The summed E-state index contributed by atoms with van der Waals surface area (Å²) in [5, 5.41) is 0. The zero-order valence-electron chi connectivity index (χ0n) is 9.92. The molecule has 15 heavy (non-hydrogen) atoms. The third-order valence-corrected chi connectivity index (χ3v) is 2.52. The predicted molar refractivity (Wildman–Crippen MR) is 64.2 cm³/mol. The highest BCUT2D eigenvalue weighted by molar-refractivity contribution is 5.33. The van der Waals surface area contributed by atoms with E-state index in [0.717, 1.165) is 12.2 Å². The van der Waals surface area contributed by atoms with Crippen LogP contribution in [-0.2, 0) is 6.42 Å². The molecule has 0 bridgehead atoms. The maximum absolute atomic E-state index is 5.80. The molecule has 0 fully saturated rings. The molecule has 84 valence electrons. The van der Waals surface area contributed by atoms with Crippen LogP contribution in [0.5, 0.6) is 5.75 Å². The van der Waals surface area contributed by atoms with Crippen molar-refractivity contribution in [3.63, 3.8) is 0 Å². The molecule has 2 heteroatoms. The molecule has 2 nitrogen and oxygen atoms in total. The topological polar surface area (TPSA) is 35.2 Å². The first-order valence-electron chi connectivity index (χ1n) is 5.50. The van der Waals surface area contributed by atoms with Crippen molar-refractivity contribution in [2.45, 2.75) is 27.2 Å². The van der Waals surface area contributed by atoms with E-state index in [1.807, 2.05) is 18.2 Å². The Hall–Kier alpha value is -1.02. The summed E-state index contributed by atoms with van der Waals surface area (Å²) in [6.07, 6.45) is 0.999. The highest BCUT2D eigenvalue weighted by Crippen LogP contribution is 2.21. The van der Waals surface area contributed by atoms with Crippen molar-refractivity contribution in [3.8, 4) is 5.75 Å². The Morgan fingerprint density at radius 3 is 2.53 bits per heavy atom. The van der Waals surface area contributed by atoms with E-state index in [-0.39, 0.29) is 5.41 Å². The third kappa shape index (κ3) is 3.56. The van der Waals surface area contributed by atoms with E-state index in [9.17, 15) is 0 Å². The van der Waals surface area contributed by atoms with Crippen molar-refractivity contribution < 1.29 is 4.74 Å². The van der Waals surface area contributed by atoms with Gasteiger partial charge >= 0.3 is 0 Å². The molecule has 0 amide bonds. The third-order valence-electron chi connectivity index (χ3n) is 2.52. The van der Waals surface area contributed by atoms with E-state index in [4.69, 9.17) is 10.5 Å². The van der Waals surface area contributed by atoms with Gasteiger partial charge in [0.1, 0.15) is 5.75 Å². The summed E-state index contributed by atoms with van der Waals surface area (Å²) in [7, 11) is 0. The molecule has 2 N–H and O–H groups in total. The summed E-state index contributed by atoms with van der Waals surface area (Å²) >= 11 is 0. The lowest BCUT2D eigenvalue weighted by Gasteiger charge is -2.23. The Morgan fingerprint density at radius 2 is 1.93 bits per heavy atom. The van der Waals surface area contributed by atoms with Gasteiger partial charge in [-0.25, -0.2) is 0 Å². The zero-order chi connectivity index (χ0) is 11.3. The highest BCUT2D eigenvalue weighted by Gasteiger charge is 2.16. The first-order chi connectivity index (χ1) is 7.09. The predicted octanol–water partition coefficient (Wildman–Crippen LogP) is 2.61. The van der Waals surface area contributed by atoms with Crippen molar-refractivity contribution in [1.82, 2.24) is 0 Å². The van der Waals surface area contributed by atoms with E-state index in [0.29, 0.717) is 13.2 Å². The smallest absolute Gasteiger partial charge is 0.122 e. The Kier molecular flexibility index (Phi) is 4.15. The standard InChI is InChI=1S/C13H21NO/c1-4-11-7-5-6-8-12(11)15-10-13(2,3)9-14/h5-8H,4,9-10,14H2,1-3H3. The molecule has 1 rings (SSSR count). The van der Waals surface area contributed by atoms with Crippen LogP contribution in [0, 0.1) is 5.41 Å². The summed E-state index contributed by atoms with van der Waals surface area (Å²) in [5.41, 5.74) is 6.96. The Bertz CT molecular complexity index is 307. The summed E-state index contributed by atoms with van der Waals surface area (Å²) in [4.78, 5) is 0. The molecule has 0 saturated carbocycles.